The number of nitrogens with one attached hydrogen (secondary N) is 3. The van der Waals surface area contributed by atoms with Gasteiger partial charge in [-0.25, -0.2) is 14.4 Å². The Labute approximate surface area is 176 Å². The highest BCUT2D eigenvalue weighted by Crippen LogP contribution is 2.30. The number of carbonyl (C=O) groups is 1. The predicted molar refractivity (Wildman–Crippen MR) is 116 cm³/mol. The van der Waals surface area contributed by atoms with E-state index in [1.165, 1.54) is 19.2 Å². The molecule has 0 bridgehead atoms. The Morgan fingerprint density at radius 2 is 2.03 bits per heavy atom. The first-order valence-corrected chi connectivity index (χ1v) is 9.66. The van der Waals surface area contributed by atoms with Crippen LogP contribution in [0.4, 0.5) is 10.1 Å². The standard InChI is InChI=1S/C23H18FN5O2/c1-31-20-9-14(22(30)15-11-27-23-13(15)5-4-8-25-23)16(24)10-19(20)26-12-21-28-17-6-2-3-7-18(17)29-21/h2-11,26H,12H2,1H3,(H,25,27)(H,28,29). The summed E-state index contributed by atoms with van der Waals surface area (Å²) in [5.74, 6) is -0.0241. The third kappa shape index (κ3) is 3.38. The molecular formula is C23H18FN5O2. The van der Waals surface area contributed by atoms with E-state index < -0.39 is 11.6 Å². The number of H-pyrrole nitrogens is 2. The van der Waals surface area contributed by atoms with E-state index in [0.29, 0.717) is 40.4 Å². The summed E-state index contributed by atoms with van der Waals surface area (Å²) in [6.07, 6.45) is 3.17. The molecular weight excluding hydrogens is 397 g/mol. The first-order valence-electron chi connectivity index (χ1n) is 9.66. The number of fused-ring (bicyclic) bond motifs is 2. The SMILES string of the molecule is COc1cc(C(=O)c2c[nH]c3ncccc23)c(F)cc1NCc1nc2ccccc2[nH]1. The molecule has 3 N–H and O–H groups in total. The van der Waals surface area contributed by atoms with Crippen LogP contribution in [0.15, 0.2) is 60.9 Å². The van der Waals surface area contributed by atoms with Gasteiger partial charge in [0.15, 0.2) is 5.78 Å². The van der Waals surface area contributed by atoms with Gasteiger partial charge in [0, 0.05) is 29.4 Å². The van der Waals surface area contributed by atoms with Crippen LogP contribution in [0.2, 0.25) is 0 Å². The molecule has 2 aromatic carbocycles. The molecule has 8 heteroatoms. The van der Waals surface area contributed by atoms with Crippen molar-refractivity contribution in [3.05, 3.63) is 83.7 Å². The number of ether oxygens (including phenoxy) is 1. The van der Waals surface area contributed by atoms with Crippen LogP contribution in [0.3, 0.4) is 0 Å². The Morgan fingerprint density at radius 3 is 2.87 bits per heavy atom. The number of hydrogen-bond donors (Lipinski definition) is 3. The number of hydrogen-bond acceptors (Lipinski definition) is 5. The number of halogens is 1. The Hall–Kier alpha value is -4.20. The zero-order valence-corrected chi connectivity index (χ0v) is 16.6. The van der Waals surface area contributed by atoms with Crippen molar-refractivity contribution in [1.29, 1.82) is 0 Å². The summed E-state index contributed by atoms with van der Waals surface area (Å²) in [5.41, 5.74) is 3.06. The second-order valence-corrected chi connectivity index (χ2v) is 7.02. The Kier molecular flexibility index (Phi) is 4.59. The van der Waals surface area contributed by atoms with Gasteiger partial charge in [-0.2, -0.15) is 0 Å². The lowest BCUT2D eigenvalue weighted by atomic mass is 10.0. The van der Waals surface area contributed by atoms with Gasteiger partial charge in [0.05, 0.1) is 35.9 Å². The van der Waals surface area contributed by atoms with Crippen LogP contribution in [0, 0.1) is 5.82 Å². The Bertz CT molecular complexity index is 1390. The third-order valence-corrected chi connectivity index (χ3v) is 5.11. The number of benzene rings is 2. The second-order valence-electron chi connectivity index (χ2n) is 7.02. The number of methoxy groups -OCH3 is 1. The highest BCUT2D eigenvalue weighted by atomic mass is 19.1. The lowest BCUT2D eigenvalue weighted by molar-refractivity contribution is 0.103. The normalized spacial score (nSPS) is 11.2. The fourth-order valence-electron chi connectivity index (χ4n) is 3.59. The number of aromatic nitrogens is 4. The molecule has 0 saturated carbocycles. The largest absolute Gasteiger partial charge is 0.495 e. The van der Waals surface area contributed by atoms with Gasteiger partial charge >= 0.3 is 0 Å². The van der Waals surface area contributed by atoms with Gasteiger partial charge in [0.2, 0.25) is 0 Å². The van der Waals surface area contributed by atoms with Crippen molar-refractivity contribution in [3.8, 4) is 5.75 Å². The molecule has 0 aliphatic rings. The van der Waals surface area contributed by atoms with Gasteiger partial charge < -0.3 is 20.0 Å². The molecule has 0 unspecified atom stereocenters. The topological polar surface area (TPSA) is 95.7 Å². The fourth-order valence-corrected chi connectivity index (χ4v) is 3.59. The minimum Gasteiger partial charge on any atom is -0.495 e. The number of imidazole rings is 1. The molecule has 0 saturated heterocycles. The van der Waals surface area contributed by atoms with Crippen LogP contribution < -0.4 is 10.1 Å². The quantitative estimate of drug-likeness (QED) is 0.357. The van der Waals surface area contributed by atoms with Crippen molar-refractivity contribution in [1.82, 2.24) is 19.9 Å². The van der Waals surface area contributed by atoms with E-state index >= 15 is 0 Å². The average molecular weight is 415 g/mol. The maximum absolute atomic E-state index is 14.9. The summed E-state index contributed by atoms with van der Waals surface area (Å²) in [7, 11) is 1.48. The van der Waals surface area contributed by atoms with Gasteiger partial charge in [0.25, 0.3) is 0 Å². The van der Waals surface area contributed by atoms with Gasteiger partial charge in [-0.05, 0) is 30.3 Å². The van der Waals surface area contributed by atoms with E-state index in [-0.39, 0.29) is 5.56 Å². The first kappa shape index (κ1) is 18.8. The number of pyridine rings is 1. The summed E-state index contributed by atoms with van der Waals surface area (Å²) >= 11 is 0. The zero-order valence-electron chi connectivity index (χ0n) is 16.6. The van der Waals surface area contributed by atoms with Gasteiger partial charge in [-0.1, -0.05) is 12.1 Å². The second kappa shape index (κ2) is 7.56. The lowest BCUT2D eigenvalue weighted by Crippen LogP contribution is -2.08. The zero-order chi connectivity index (χ0) is 21.4. The molecule has 5 rings (SSSR count). The summed E-state index contributed by atoms with van der Waals surface area (Å²) in [6.45, 7) is 0.339. The van der Waals surface area contributed by atoms with Crippen molar-refractivity contribution in [2.45, 2.75) is 6.54 Å². The third-order valence-electron chi connectivity index (χ3n) is 5.11. The van der Waals surface area contributed by atoms with E-state index in [2.05, 4.69) is 25.3 Å². The Balaban J connectivity index is 1.44. The molecule has 0 radical (unpaired) electrons. The summed E-state index contributed by atoms with van der Waals surface area (Å²) in [4.78, 5) is 27.8. The number of nitrogens with zero attached hydrogens (tertiary/aromatic N) is 2. The average Bonchev–Trinajstić information content (AvgIpc) is 3.41. The van der Waals surface area contributed by atoms with Crippen LogP contribution in [-0.2, 0) is 6.54 Å². The molecule has 5 aromatic rings. The molecule has 0 fully saturated rings. The predicted octanol–water partition coefficient (Wildman–Crippen LogP) is 4.43. The van der Waals surface area contributed by atoms with Crippen molar-refractivity contribution in [3.63, 3.8) is 0 Å². The van der Waals surface area contributed by atoms with Crippen LogP contribution in [0.1, 0.15) is 21.7 Å². The summed E-state index contributed by atoms with van der Waals surface area (Å²) < 4.78 is 20.3. The molecule has 3 heterocycles. The molecule has 7 nitrogen and oxygen atoms in total. The summed E-state index contributed by atoms with van der Waals surface area (Å²) in [6, 6.07) is 13.9. The summed E-state index contributed by atoms with van der Waals surface area (Å²) in [5, 5.41) is 3.76. The number of ketones is 1. The number of rotatable bonds is 6. The minimum atomic E-state index is -0.642. The molecule has 0 aliphatic carbocycles. The molecule has 0 atom stereocenters. The number of anilines is 1. The van der Waals surface area contributed by atoms with E-state index in [0.717, 1.165) is 11.0 Å². The lowest BCUT2D eigenvalue weighted by Gasteiger charge is -2.13. The van der Waals surface area contributed by atoms with Crippen LogP contribution in [0.25, 0.3) is 22.1 Å². The van der Waals surface area contributed by atoms with Gasteiger partial charge in [0.1, 0.15) is 23.0 Å². The Morgan fingerprint density at radius 1 is 1.16 bits per heavy atom. The maximum atomic E-state index is 14.9. The van der Waals surface area contributed by atoms with E-state index in [4.69, 9.17) is 4.74 Å². The number of para-hydroxylation sites is 2. The van der Waals surface area contributed by atoms with Crippen LogP contribution in [0.5, 0.6) is 5.75 Å². The number of aromatic amines is 2. The maximum Gasteiger partial charge on any atom is 0.198 e. The van der Waals surface area contributed by atoms with Crippen molar-refractivity contribution in [2.24, 2.45) is 0 Å². The smallest absolute Gasteiger partial charge is 0.198 e. The molecule has 31 heavy (non-hydrogen) atoms. The van der Waals surface area contributed by atoms with E-state index in [1.807, 2.05) is 24.3 Å². The molecule has 0 spiro atoms. The van der Waals surface area contributed by atoms with Crippen LogP contribution >= 0.6 is 0 Å². The van der Waals surface area contributed by atoms with Crippen molar-refractivity contribution in [2.75, 3.05) is 12.4 Å². The minimum absolute atomic E-state index is 0.0732. The molecule has 0 aliphatic heterocycles. The number of carbonyl (C=O) groups excluding carboxylic acids is 1. The molecule has 154 valence electrons. The van der Waals surface area contributed by atoms with Gasteiger partial charge in [-0.15, -0.1) is 0 Å². The van der Waals surface area contributed by atoms with E-state index in [1.54, 1.807) is 24.5 Å². The molecule has 3 aromatic heterocycles. The van der Waals surface area contributed by atoms with Crippen molar-refractivity contribution >= 4 is 33.5 Å². The van der Waals surface area contributed by atoms with Gasteiger partial charge in [-0.3, -0.25) is 4.79 Å². The van der Waals surface area contributed by atoms with E-state index in [9.17, 15) is 9.18 Å². The highest BCUT2D eigenvalue weighted by Gasteiger charge is 2.21. The van der Waals surface area contributed by atoms with Crippen LogP contribution in [-0.4, -0.2) is 32.8 Å². The fraction of sp³-hybridized carbons (Fsp3) is 0.0870. The monoisotopic (exact) mass is 415 g/mol. The van der Waals surface area contributed by atoms with Crippen molar-refractivity contribution < 1.29 is 13.9 Å². The first-order chi connectivity index (χ1) is 15.1. The highest BCUT2D eigenvalue weighted by molar-refractivity contribution is 6.16. The molecule has 0 amide bonds.